The van der Waals surface area contributed by atoms with Gasteiger partial charge in [0.1, 0.15) is 11.4 Å². The Bertz CT molecular complexity index is 733. The fourth-order valence-corrected chi connectivity index (χ4v) is 2.86. The molecule has 6 nitrogen and oxygen atoms in total. The number of benzene rings is 1. The maximum absolute atomic E-state index is 11.9. The number of ether oxygens (including phenoxy) is 2. The zero-order valence-electron chi connectivity index (χ0n) is 15.0. The molecule has 0 aliphatic carbocycles. The molecule has 25 heavy (non-hydrogen) atoms. The van der Waals surface area contributed by atoms with E-state index in [1.54, 1.807) is 13.2 Å². The first kappa shape index (κ1) is 19.1. The molecule has 2 rings (SSSR count). The molecule has 0 N–H and O–H groups in total. The van der Waals surface area contributed by atoms with Crippen LogP contribution in [0.3, 0.4) is 0 Å². The van der Waals surface area contributed by atoms with Crippen molar-refractivity contribution in [3.8, 4) is 17.1 Å². The number of allylic oxidation sites excluding steroid dienone is 1. The van der Waals surface area contributed by atoms with Crippen LogP contribution in [0.4, 0.5) is 0 Å². The first-order valence-corrected chi connectivity index (χ1v) is 8.86. The minimum absolute atomic E-state index is 0.176. The highest BCUT2D eigenvalue weighted by molar-refractivity contribution is 7.99. The Labute approximate surface area is 152 Å². The van der Waals surface area contributed by atoms with Crippen molar-refractivity contribution in [1.82, 2.24) is 14.8 Å². The number of thioether (sulfide) groups is 1. The number of aromatic nitrogens is 3. The second-order valence-electron chi connectivity index (χ2n) is 6.31. The van der Waals surface area contributed by atoms with Gasteiger partial charge in [-0.05, 0) is 45.0 Å². The van der Waals surface area contributed by atoms with E-state index in [0.717, 1.165) is 11.3 Å². The van der Waals surface area contributed by atoms with E-state index in [2.05, 4.69) is 16.8 Å². The summed E-state index contributed by atoms with van der Waals surface area (Å²) in [6.45, 7) is 9.87. The van der Waals surface area contributed by atoms with E-state index in [9.17, 15) is 4.79 Å². The van der Waals surface area contributed by atoms with Gasteiger partial charge < -0.3 is 9.47 Å². The van der Waals surface area contributed by atoms with Gasteiger partial charge in [0.15, 0.2) is 11.0 Å². The van der Waals surface area contributed by atoms with Crippen LogP contribution in [-0.4, -0.2) is 39.2 Å². The maximum atomic E-state index is 11.9. The number of carbonyl (C=O) groups is 1. The summed E-state index contributed by atoms with van der Waals surface area (Å²) in [5.41, 5.74) is 0.417. The largest absolute Gasteiger partial charge is 0.497 e. The lowest BCUT2D eigenvalue weighted by Crippen LogP contribution is -2.25. The second kappa shape index (κ2) is 8.20. The molecule has 1 aromatic heterocycles. The zero-order valence-corrected chi connectivity index (χ0v) is 15.8. The molecule has 0 radical (unpaired) electrons. The summed E-state index contributed by atoms with van der Waals surface area (Å²) >= 11 is 1.30. The van der Waals surface area contributed by atoms with Gasteiger partial charge in [-0.25, -0.2) is 0 Å². The van der Waals surface area contributed by atoms with Crippen molar-refractivity contribution in [3.05, 3.63) is 36.9 Å². The van der Waals surface area contributed by atoms with Crippen LogP contribution in [0.5, 0.6) is 5.75 Å². The summed E-state index contributed by atoms with van der Waals surface area (Å²) in [7, 11) is 1.63. The number of hydrogen-bond acceptors (Lipinski definition) is 6. The van der Waals surface area contributed by atoms with Crippen molar-refractivity contribution in [3.63, 3.8) is 0 Å². The molecule has 7 heteroatoms. The van der Waals surface area contributed by atoms with Gasteiger partial charge in [0.2, 0.25) is 0 Å². The van der Waals surface area contributed by atoms with Gasteiger partial charge in [-0.1, -0.05) is 17.8 Å². The summed E-state index contributed by atoms with van der Waals surface area (Å²) in [4.78, 5) is 11.9. The lowest BCUT2D eigenvalue weighted by Gasteiger charge is -2.19. The van der Waals surface area contributed by atoms with Gasteiger partial charge in [-0.2, -0.15) is 0 Å². The van der Waals surface area contributed by atoms with E-state index in [4.69, 9.17) is 9.47 Å². The molecule has 2 aromatic rings. The Morgan fingerprint density at radius 3 is 2.52 bits per heavy atom. The van der Waals surface area contributed by atoms with Crippen LogP contribution in [0.25, 0.3) is 11.4 Å². The lowest BCUT2D eigenvalue weighted by molar-refractivity contribution is -0.151. The predicted octanol–water partition coefficient (Wildman–Crippen LogP) is 3.57. The molecule has 0 saturated carbocycles. The number of nitrogens with zero attached hydrogens (tertiary/aromatic N) is 3. The number of methoxy groups -OCH3 is 1. The zero-order chi connectivity index (χ0) is 18.4. The van der Waals surface area contributed by atoms with E-state index in [-0.39, 0.29) is 11.7 Å². The molecule has 0 atom stereocenters. The second-order valence-corrected chi connectivity index (χ2v) is 7.25. The third kappa shape index (κ3) is 5.35. The molecule has 0 unspecified atom stereocenters. The first-order chi connectivity index (χ1) is 11.8. The summed E-state index contributed by atoms with van der Waals surface area (Å²) in [6.07, 6.45) is 1.77. The van der Waals surface area contributed by atoms with E-state index in [0.29, 0.717) is 17.5 Å². The minimum Gasteiger partial charge on any atom is -0.497 e. The van der Waals surface area contributed by atoms with Crippen LogP contribution in [-0.2, 0) is 16.1 Å². The topological polar surface area (TPSA) is 66.2 Å². The molecular formula is C18H23N3O3S. The SMILES string of the molecule is C=CCn1c(SCC(=O)OC(C)(C)C)nnc1-c1ccc(OC)cc1. The van der Waals surface area contributed by atoms with Crippen LogP contribution in [0.15, 0.2) is 42.1 Å². The van der Waals surface area contributed by atoms with Gasteiger partial charge >= 0.3 is 5.97 Å². The predicted molar refractivity (Wildman–Crippen MR) is 98.8 cm³/mol. The molecule has 0 bridgehead atoms. The van der Waals surface area contributed by atoms with Gasteiger partial charge in [0.25, 0.3) is 0 Å². The number of rotatable bonds is 7. The fourth-order valence-electron chi connectivity index (χ4n) is 2.14. The number of esters is 1. The molecule has 0 amide bonds. The molecule has 0 spiro atoms. The van der Waals surface area contributed by atoms with Gasteiger partial charge in [0, 0.05) is 12.1 Å². The molecule has 134 valence electrons. The van der Waals surface area contributed by atoms with E-state index in [1.165, 1.54) is 11.8 Å². The molecule has 1 aromatic carbocycles. The maximum Gasteiger partial charge on any atom is 0.316 e. The van der Waals surface area contributed by atoms with Gasteiger partial charge in [0.05, 0.1) is 12.9 Å². The van der Waals surface area contributed by atoms with Crippen molar-refractivity contribution >= 4 is 17.7 Å². The standard InChI is InChI=1S/C18H23N3O3S/c1-6-11-21-16(13-7-9-14(23-5)10-8-13)19-20-17(21)25-12-15(22)24-18(2,3)4/h6-10H,1,11-12H2,2-5H3. The monoisotopic (exact) mass is 361 g/mol. The number of carbonyl (C=O) groups excluding carboxylic acids is 1. The smallest absolute Gasteiger partial charge is 0.316 e. The molecule has 0 aliphatic heterocycles. The average Bonchev–Trinajstić information content (AvgIpc) is 2.95. The molecular weight excluding hydrogens is 338 g/mol. The van der Waals surface area contributed by atoms with E-state index >= 15 is 0 Å². The van der Waals surface area contributed by atoms with Crippen molar-refractivity contribution in [2.75, 3.05) is 12.9 Å². The third-order valence-corrected chi connectivity index (χ3v) is 4.06. The highest BCUT2D eigenvalue weighted by Gasteiger charge is 2.19. The summed E-state index contributed by atoms with van der Waals surface area (Å²) in [5, 5.41) is 9.13. The minimum atomic E-state index is -0.499. The Morgan fingerprint density at radius 2 is 1.96 bits per heavy atom. The van der Waals surface area contributed by atoms with Gasteiger partial charge in [-0.3, -0.25) is 9.36 Å². The fraction of sp³-hybridized carbons (Fsp3) is 0.389. The highest BCUT2D eigenvalue weighted by Crippen LogP contribution is 2.26. The first-order valence-electron chi connectivity index (χ1n) is 7.87. The summed E-state index contributed by atoms with van der Waals surface area (Å²) in [6, 6.07) is 7.58. The Kier molecular flexibility index (Phi) is 6.25. The Hall–Kier alpha value is -2.28. The highest BCUT2D eigenvalue weighted by atomic mass is 32.2. The molecule has 0 saturated heterocycles. The van der Waals surface area contributed by atoms with Gasteiger partial charge in [-0.15, -0.1) is 16.8 Å². The lowest BCUT2D eigenvalue weighted by atomic mass is 10.2. The van der Waals surface area contributed by atoms with Crippen LogP contribution in [0.1, 0.15) is 20.8 Å². The number of hydrogen-bond donors (Lipinski definition) is 0. The Morgan fingerprint density at radius 1 is 1.28 bits per heavy atom. The molecule has 0 fully saturated rings. The average molecular weight is 361 g/mol. The van der Waals surface area contributed by atoms with Crippen molar-refractivity contribution < 1.29 is 14.3 Å². The van der Waals surface area contributed by atoms with Crippen LogP contribution in [0.2, 0.25) is 0 Å². The van der Waals surface area contributed by atoms with E-state index in [1.807, 2.05) is 49.6 Å². The van der Waals surface area contributed by atoms with Crippen LogP contribution >= 0.6 is 11.8 Å². The quantitative estimate of drug-likeness (QED) is 0.427. The van der Waals surface area contributed by atoms with Crippen molar-refractivity contribution in [2.24, 2.45) is 0 Å². The summed E-state index contributed by atoms with van der Waals surface area (Å²) in [5.74, 6) is 1.39. The van der Waals surface area contributed by atoms with E-state index < -0.39 is 5.60 Å². The Balaban J connectivity index is 2.18. The summed E-state index contributed by atoms with van der Waals surface area (Å²) < 4.78 is 12.4. The van der Waals surface area contributed by atoms with Crippen LogP contribution in [0, 0.1) is 0 Å². The van der Waals surface area contributed by atoms with Crippen LogP contribution < -0.4 is 4.74 Å². The van der Waals surface area contributed by atoms with Crippen molar-refractivity contribution in [1.29, 1.82) is 0 Å². The normalized spacial score (nSPS) is 11.2. The third-order valence-electron chi connectivity index (χ3n) is 3.12. The van der Waals surface area contributed by atoms with Crippen molar-refractivity contribution in [2.45, 2.75) is 38.1 Å². The molecule has 1 heterocycles. The molecule has 0 aliphatic rings.